The van der Waals surface area contributed by atoms with E-state index < -0.39 is 0 Å². The summed E-state index contributed by atoms with van der Waals surface area (Å²) in [7, 11) is 0. The van der Waals surface area contributed by atoms with Gasteiger partial charge in [-0.1, -0.05) is 30.7 Å². The number of esters is 1. The highest BCUT2D eigenvalue weighted by Crippen LogP contribution is 2.49. The first-order valence-corrected chi connectivity index (χ1v) is 9.02. The number of hydrogen-bond acceptors (Lipinski definition) is 3. The molecule has 0 aliphatic heterocycles. The molecule has 4 rings (SSSR count). The van der Waals surface area contributed by atoms with Crippen LogP contribution < -0.4 is 4.74 Å². The summed E-state index contributed by atoms with van der Waals surface area (Å²) in [6.07, 6.45) is 5.72. The van der Waals surface area contributed by atoms with E-state index in [1.807, 2.05) is 36.4 Å². The number of carbonyl (C=O) groups excluding carboxylic acids is 1. The third-order valence-electron chi connectivity index (χ3n) is 5.75. The number of ether oxygens (including phenoxy) is 1. The summed E-state index contributed by atoms with van der Waals surface area (Å²) in [6.45, 7) is 0. The van der Waals surface area contributed by atoms with Crippen LogP contribution in [0.5, 0.6) is 5.75 Å². The Morgan fingerprint density at radius 2 is 1.68 bits per heavy atom. The largest absolute Gasteiger partial charge is 0.427 e. The normalized spacial score (nSPS) is 24.0. The van der Waals surface area contributed by atoms with Gasteiger partial charge in [-0.3, -0.25) is 4.79 Å². The predicted molar refractivity (Wildman–Crippen MR) is 95.8 cm³/mol. The van der Waals surface area contributed by atoms with Crippen molar-refractivity contribution in [1.29, 1.82) is 5.26 Å². The van der Waals surface area contributed by atoms with Crippen molar-refractivity contribution >= 4 is 5.97 Å². The van der Waals surface area contributed by atoms with Gasteiger partial charge >= 0.3 is 5.97 Å². The van der Waals surface area contributed by atoms with Crippen LogP contribution in [-0.2, 0) is 4.79 Å². The van der Waals surface area contributed by atoms with Crippen LogP contribution in [0.4, 0.5) is 0 Å². The van der Waals surface area contributed by atoms with E-state index in [1.54, 1.807) is 12.1 Å². The molecule has 3 nitrogen and oxygen atoms in total. The molecular formula is C22H21NO2. The Labute approximate surface area is 148 Å². The topological polar surface area (TPSA) is 50.1 Å². The van der Waals surface area contributed by atoms with Crippen molar-refractivity contribution in [1.82, 2.24) is 0 Å². The number of fused-ring (bicyclic) bond motifs is 2. The van der Waals surface area contributed by atoms with E-state index in [0.29, 0.717) is 23.7 Å². The van der Waals surface area contributed by atoms with Crippen molar-refractivity contribution in [2.45, 2.75) is 32.1 Å². The molecule has 0 amide bonds. The molecule has 0 unspecified atom stereocenters. The van der Waals surface area contributed by atoms with Crippen molar-refractivity contribution in [2.24, 2.45) is 17.8 Å². The Morgan fingerprint density at radius 3 is 2.24 bits per heavy atom. The van der Waals surface area contributed by atoms with E-state index in [1.165, 1.54) is 25.7 Å². The van der Waals surface area contributed by atoms with Crippen LogP contribution in [0.1, 0.15) is 37.7 Å². The zero-order valence-electron chi connectivity index (χ0n) is 14.2. The summed E-state index contributed by atoms with van der Waals surface area (Å²) in [6, 6.07) is 17.1. The van der Waals surface area contributed by atoms with Gasteiger partial charge in [0.05, 0.1) is 11.6 Å². The second-order valence-corrected chi connectivity index (χ2v) is 7.33. The van der Waals surface area contributed by atoms with Gasteiger partial charge in [-0.2, -0.15) is 5.26 Å². The molecule has 3 atom stereocenters. The van der Waals surface area contributed by atoms with E-state index in [4.69, 9.17) is 10.00 Å². The average molecular weight is 331 g/mol. The van der Waals surface area contributed by atoms with E-state index in [9.17, 15) is 4.79 Å². The van der Waals surface area contributed by atoms with Crippen LogP contribution in [0, 0.1) is 29.1 Å². The van der Waals surface area contributed by atoms with Gasteiger partial charge in [0, 0.05) is 6.42 Å². The lowest BCUT2D eigenvalue weighted by Crippen LogP contribution is -2.18. The molecule has 0 radical (unpaired) electrons. The number of carbonyl (C=O) groups is 1. The molecule has 2 aromatic carbocycles. The van der Waals surface area contributed by atoms with Crippen LogP contribution >= 0.6 is 0 Å². The molecule has 25 heavy (non-hydrogen) atoms. The molecule has 2 aromatic rings. The Morgan fingerprint density at radius 1 is 1.00 bits per heavy atom. The van der Waals surface area contributed by atoms with Gasteiger partial charge in [-0.25, -0.2) is 0 Å². The fourth-order valence-electron chi connectivity index (χ4n) is 4.47. The summed E-state index contributed by atoms with van der Waals surface area (Å²) in [4.78, 5) is 12.2. The molecule has 0 spiro atoms. The number of nitriles is 1. The maximum atomic E-state index is 12.2. The lowest BCUT2D eigenvalue weighted by atomic mass is 9.86. The number of hydrogen-bond donors (Lipinski definition) is 0. The highest BCUT2D eigenvalue weighted by atomic mass is 16.5. The lowest BCUT2D eigenvalue weighted by Gasteiger charge is -2.20. The molecule has 126 valence electrons. The van der Waals surface area contributed by atoms with Gasteiger partial charge in [0.2, 0.25) is 0 Å². The van der Waals surface area contributed by atoms with E-state index >= 15 is 0 Å². The second-order valence-electron chi connectivity index (χ2n) is 7.33. The molecule has 2 saturated carbocycles. The van der Waals surface area contributed by atoms with E-state index in [2.05, 4.69) is 6.07 Å². The Hall–Kier alpha value is -2.60. The number of nitrogens with zero attached hydrogens (tertiary/aromatic N) is 1. The minimum Gasteiger partial charge on any atom is -0.427 e. The van der Waals surface area contributed by atoms with Crippen LogP contribution in [0.15, 0.2) is 48.5 Å². The van der Waals surface area contributed by atoms with Crippen molar-refractivity contribution in [2.75, 3.05) is 0 Å². The highest BCUT2D eigenvalue weighted by Gasteiger charge is 2.40. The fourth-order valence-corrected chi connectivity index (χ4v) is 4.47. The van der Waals surface area contributed by atoms with Gasteiger partial charge in [-0.15, -0.1) is 0 Å². The van der Waals surface area contributed by atoms with Gasteiger partial charge in [-0.05, 0) is 72.4 Å². The smallest absolute Gasteiger partial charge is 0.311 e. The molecule has 3 heteroatoms. The molecule has 0 aromatic heterocycles. The first-order valence-electron chi connectivity index (χ1n) is 9.02. The first kappa shape index (κ1) is 15.9. The van der Waals surface area contributed by atoms with Crippen LogP contribution in [0.3, 0.4) is 0 Å². The lowest BCUT2D eigenvalue weighted by molar-refractivity contribution is -0.135. The molecule has 0 N–H and O–H groups in total. The molecule has 0 saturated heterocycles. The van der Waals surface area contributed by atoms with Gasteiger partial charge in [0.25, 0.3) is 0 Å². The Bertz CT molecular complexity index is 801. The van der Waals surface area contributed by atoms with Crippen LogP contribution in [0.2, 0.25) is 0 Å². The molecule has 2 fully saturated rings. The number of rotatable bonds is 4. The molecule has 0 heterocycles. The SMILES string of the molecule is N#Cc1ccc(-c2ccc(OC(=O)C[C@H]3C[C@@H]4CC[C@H]3C4)cc2)cc1. The minimum absolute atomic E-state index is 0.108. The first-order chi connectivity index (χ1) is 12.2. The van der Waals surface area contributed by atoms with Gasteiger partial charge in [0.1, 0.15) is 5.75 Å². The third-order valence-corrected chi connectivity index (χ3v) is 5.75. The Kier molecular flexibility index (Phi) is 4.28. The maximum Gasteiger partial charge on any atom is 0.311 e. The van der Waals surface area contributed by atoms with E-state index in [0.717, 1.165) is 23.0 Å². The molecule has 2 bridgehead atoms. The summed E-state index contributed by atoms with van der Waals surface area (Å²) in [5.74, 6) is 2.63. The minimum atomic E-state index is -0.108. The summed E-state index contributed by atoms with van der Waals surface area (Å²) in [5.41, 5.74) is 2.73. The zero-order valence-corrected chi connectivity index (χ0v) is 14.2. The summed E-state index contributed by atoms with van der Waals surface area (Å²) >= 11 is 0. The van der Waals surface area contributed by atoms with Gasteiger partial charge < -0.3 is 4.74 Å². The quantitative estimate of drug-likeness (QED) is 0.588. The predicted octanol–water partition coefficient (Wildman–Crippen LogP) is 4.96. The fraction of sp³-hybridized carbons (Fsp3) is 0.364. The summed E-state index contributed by atoms with van der Waals surface area (Å²) < 4.78 is 5.53. The standard InChI is InChI=1S/C22H21NO2/c23-14-15-1-4-17(5-2-15)18-7-9-21(10-8-18)25-22(24)13-20-12-16-3-6-19(20)11-16/h1-2,4-5,7-10,16,19-20H,3,6,11-13H2/t16-,19+,20-/m1/s1. The Balaban J connectivity index is 1.36. The third kappa shape index (κ3) is 3.44. The second kappa shape index (κ2) is 6.72. The maximum absolute atomic E-state index is 12.2. The van der Waals surface area contributed by atoms with Crippen molar-refractivity contribution in [3.63, 3.8) is 0 Å². The van der Waals surface area contributed by atoms with Crippen LogP contribution in [0.25, 0.3) is 11.1 Å². The van der Waals surface area contributed by atoms with Crippen molar-refractivity contribution < 1.29 is 9.53 Å². The van der Waals surface area contributed by atoms with Gasteiger partial charge in [0.15, 0.2) is 0 Å². The van der Waals surface area contributed by atoms with Crippen LogP contribution in [-0.4, -0.2) is 5.97 Å². The summed E-state index contributed by atoms with van der Waals surface area (Å²) in [5, 5.41) is 8.86. The zero-order chi connectivity index (χ0) is 17.2. The highest BCUT2D eigenvalue weighted by molar-refractivity contribution is 5.73. The van der Waals surface area contributed by atoms with Crippen molar-refractivity contribution in [3.05, 3.63) is 54.1 Å². The molecular weight excluding hydrogens is 310 g/mol. The average Bonchev–Trinajstić information content (AvgIpc) is 3.25. The molecule has 2 aliphatic rings. The molecule has 2 aliphatic carbocycles. The van der Waals surface area contributed by atoms with E-state index in [-0.39, 0.29) is 5.97 Å². The van der Waals surface area contributed by atoms with Crippen molar-refractivity contribution in [3.8, 4) is 22.9 Å². The number of benzene rings is 2. The monoisotopic (exact) mass is 331 g/mol.